The number of amides is 5. The van der Waals surface area contributed by atoms with Gasteiger partial charge in [0.1, 0.15) is 0 Å². The lowest BCUT2D eigenvalue weighted by Crippen LogP contribution is -2.48. The van der Waals surface area contributed by atoms with Gasteiger partial charge in [0, 0.05) is 19.2 Å². The minimum atomic E-state index is -4.65. The SMILES string of the molecule is CCN1C(=O)N(c2ccc(C(=O)NC)cc2)C(=O)N(c2ccccc2)c2cc(C(F)(F)F)ccc21. The second-order valence-corrected chi connectivity index (χ2v) is 7.64. The summed E-state index contributed by atoms with van der Waals surface area (Å²) < 4.78 is 40.8. The van der Waals surface area contributed by atoms with Crippen molar-refractivity contribution in [3.8, 4) is 0 Å². The predicted octanol–water partition coefficient (Wildman–Crippen LogP) is 5.79. The number of halogens is 3. The third-order valence-electron chi connectivity index (χ3n) is 5.58. The molecule has 0 bridgehead atoms. The highest BCUT2D eigenvalue weighted by Gasteiger charge is 2.41. The summed E-state index contributed by atoms with van der Waals surface area (Å²) in [5, 5.41) is 2.49. The van der Waals surface area contributed by atoms with Crippen LogP contribution in [-0.4, -0.2) is 31.6 Å². The molecule has 10 heteroatoms. The second kappa shape index (κ2) is 9.13. The summed E-state index contributed by atoms with van der Waals surface area (Å²) in [5.41, 5.74) is -0.0946. The Hall–Kier alpha value is -4.34. The molecule has 0 saturated heterocycles. The molecule has 0 atom stereocenters. The Morgan fingerprint density at radius 2 is 1.46 bits per heavy atom. The summed E-state index contributed by atoms with van der Waals surface area (Å²) in [6.07, 6.45) is -4.65. The largest absolute Gasteiger partial charge is 0.416 e. The van der Waals surface area contributed by atoms with E-state index in [-0.39, 0.29) is 35.2 Å². The normalized spacial score (nSPS) is 14.0. The molecule has 0 aromatic heterocycles. The zero-order chi connectivity index (χ0) is 25.3. The number of benzene rings is 3. The minimum Gasteiger partial charge on any atom is -0.355 e. The van der Waals surface area contributed by atoms with Crippen molar-refractivity contribution in [2.45, 2.75) is 13.1 Å². The minimum absolute atomic E-state index is 0.0734. The average Bonchev–Trinajstić information content (AvgIpc) is 2.94. The maximum Gasteiger partial charge on any atom is 0.416 e. The van der Waals surface area contributed by atoms with E-state index in [0.29, 0.717) is 5.56 Å². The van der Waals surface area contributed by atoms with Gasteiger partial charge in [0.05, 0.1) is 28.3 Å². The van der Waals surface area contributed by atoms with Gasteiger partial charge in [-0.05, 0) is 61.5 Å². The first-order chi connectivity index (χ1) is 16.7. The number of hydrogen-bond donors (Lipinski definition) is 1. The molecule has 3 aromatic rings. The van der Waals surface area contributed by atoms with Crippen LogP contribution in [0.25, 0.3) is 0 Å². The van der Waals surface area contributed by atoms with Gasteiger partial charge in [-0.15, -0.1) is 0 Å². The molecule has 1 heterocycles. The van der Waals surface area contributed by atoms with Gasteiger partial charge in [0.15, 0.2) is 0 Å². The number of alkyl halides is 3. The lowest BCUT2D eigenvalue weighted by molar-refractivity contribution is -0.137. The molecule has 3 aromatic carbocycles. The van der Waals surface area contributed by atoms with E-state index in [9.17, 15) is 27.6 Å². The highest BCUT2D eigenvalue weighted by atomic mass is 19.4. The molecule has 4 rings (SSSR count). The highest BCUT2D eigenvalue weighted by Crippen LogP contribution is 2.43. The Balaban J connectivity index is 1.93. The molecule has 1 N–H and O–H groups in total. The van der Waals surface area contributed by atoms with Gasteiger partial charge < -0.3 is 5.32 Å². The molecule has 0 unspecified atom stereocenters. The topological polar surface area (TPSA) is 73.0 Å². The van der Waals surface area contributed by atoms with E-state index in [1.54, 1.807) is 37.3 Å². The number of hydrogen-bond acceptors (Lipinski definition) is 3. The summed E-state index contributed by atoms with van der Waals surface area (Å²) in [6.45, 7) is 1.76. The van der Waals surface area contributed by atoms with Gasteiger partial charge in [-0.1, -0.05) is 18.2 Å². The van der Waals surface area contributed by atoms with Crippen LogP contribution in [0.3, 0.4) is 0 Å². The molecule has 180 valence electrons. The van der Waals surface area contributed by atoms with Gasteiger partial charge in [-0.3, -0.25) is 14.6 Å². The molecule has 0 spiro atoms. The van der Waals surface area contributed by atoms with Crippen LogP contribution < -0.4 is 20.0 Å². The Labute approximate surface area is 199 Å². The van der Waals surface area contributed by atoms with E-state index in [0.717, 1.165) is 21.9 Å². The van der Waals surface area contributed by atoms with Crippen LogP contribution in [0.15, 0.2) is 72.8 Å². The van der Waals surface area contributed by atoms with E-state index < -0.39 is 23.8 Å². The number of carbonyl (C=O) groups excluding carboxylic acids is 3. The average molecular weight is 482 g/mol. The number of rotatable bonds is 4. The molecule has 5 amide bonds. The molecule has 7 nitrogen and oxygen atoms in total. The zero-order valence-corrected chi connectivity index (χ0v) is 18.8. The third-order valence-corrected chi connectivity index (χ3v) is 5.58. The standard InChI is InChI=1S/C25H21F3N4O3/c1-3-30-20-14-11-17(25(26,27)28)15-21(20)31(18-7-5-4-6-8-18)24(35)32(23(30)34)19-12-9-16(10-13-19)22(33)29-2/h4-15H,3H2,1-2H3,(H,29,33). The smallest absolute Gasteiger partial charge is 0.355 e. The summed E-state index contributed by atoms with van der Waals surface area (Å²) in [5.74, 6) is -0.349. The molecule has 0 saturated carbocycles. The quantitative estimate of drug-likeness (QED) is 0.512. The van der Waals surface area contributed by atoms with Crippen LogP contribution in [-0.2, 0) is 6.18 Å². The number of anilines is 4. The molecular weight excluding hydrogens is 461 g/mol. The van der Waals surface area contributed by atoms with E-state index in [1.807, 2.05) is 0 Å². The van der Waals surface area contributed by atoms with Crippen molar-refractivity contribution >= 4 is 40.7 Å². The van der Waals surface area contributed by atoms with Gasteiger partial charge in [-0.25, -0.2) is 14.5 Å². The van der Waals surface area contributed by atoms with Crippen molar-refractivity contribution in [3.63, 3.8) is 0 Å². The Morgan fingerprint density at radius 3 is 2.03 bits per heavy atom. The Kier molecular flexibility index (Phi) is 6.21. The molecule has 0 fully saturated rings. The van der Waals surface area contributed by atoms with Crippen LogP contribution in [0.4, 0.5) is 45.5 Å². The number of urea groups is 2. The predicted molar refractivity (Wildman–Crippen MR) is 126 cm³/mol. The maximum absolute atomic E-state index is 13.9. The van der Waals surface area contributed by atoms with Crippen LogP contribution in [0, 0.1) is 0 Å². The van der Waals surface area contributed by atoms with Crippen molar-refractivity contribution in [1.29, 1.82) is 0 Å². The fourth-order valence-corrected chi connectivity index (χ4v) is 3.88. The van der Waals surface area contributed by atoms with Gasteiger partial charge in [0.2, 0.25) is 0 Å². The summed E-state index contributed by atoms with van der Waals surface area (Å²) in [7, 11) is 1.47. The maximum atomic E-state index is 13.9. The molecule has 0 aliphatic carbocycles. The van der Waals surface area contributed by atoms with E-state index in [1.165, 1.54) is 42.3 Å². The first-order valence-corrected chi connectivity index (χ1v) is 10.7. The fourth-order valence-electron chi connectivity index (χ4n) is 3.88. The van der Waals surface area contributed by atoms with Gasteiger partial charge in [0.25, 0.3) is 5.91 Å². The number of carbonyl (C=O) groups is 3. The van der Waals surface area contributed by atoms with Crippen LogP contribution in [0.1, 0.15) is 22.8 Å². The van der Waals surface area contributed by atoms with E-state index >= 15 is 0 Å². The number of nitrogens with zero attached hydrogens (tertiary/aromatic N) is 3. The van der Waals surface area contributed by atoms with Crippen molar-refractivity contribution in [1.82, 2.24) is 5.32 Å². The number of para-hydroxylation sites is 1. The van der Waals surface area contributed by atoms with Gasteiger partial charge in [-0.2, -0.15) is 13.2 Å². The first kappa shape index (κ1) is 23.8. The first-order valence-electron chi connectivity index (χ1n) is 10.7. The van der Waals surface area contributed by atoms with Gasteiger partial charge >= 0.3 is 18.2 Å². The molecule has 1 aliphatic heterocycles. The lowest BCUT2D eigenvalue weighted by atomic mass is 10.1. The van der Waals surface area contributed by atoms with Crippen LogP contribution >= 0.6 is 0 Å². The van der Waals surface area contributed by atoms with Crippen molar-refractivity contribution in [2.24, 2.45) is 0 Å². The van der Waals surface area contributed by atoms with E-state index in [2.05, 4.69) is 5.32 Å². The number of imide groups is 1. The summed E-state index contributed by atoms with van der Waals surface area (Å²) >= 11 is 0. The second-order valence-electron chi connectivity index (χ2n) is 7.64. The lowest BCUT2D eigenvalue weighted by Gasteiger charge is -2.27. The zero-order valence-electron chi connectivity index (χ0n) is 18.8. The van der Waals surface area contributed by atoms with E-state index in [4.69, 9.17) is 0 Å². The monoisotopic (exact) mass is 482 g/mol. The Bertz CT molecular complexity index is 1280. The van der Waals surface area contributed by atoms with Crippen molar-refractivity contribution in [2.75, 3.05) is 28.3 Å². The van der Waals surface area contributed by atoms with Crippen LogP contribution in [0.5, 0.6) is 0 Å². The van der Waals surface area contributed by atoms with Crippen molar-refractivity contribution in [3.05, 3.63) is 83.9 Å². The number of fused-ring (bicyclic) bond motifs is 1. The molecule has 1 aliphatic rings. The molecular formula is C25H21F3N4O3. The van der Waals surface area contributed by atoms with Crippen molar-refractivity contribution < 1.29 is 27.6 Å². The summed E-state index contributed by atoms with van der Waals surface area (Å²) in [4.78, 5) is 42.6. The molecule has 0 radical (unpaired) electrons. The fraction of sp³-hybridized carbons (Fsp3) is 0.160. The highest BCUT2D eigenvalue weighted by molar-refractivity contribution is 6.28. The molecule has 35 heavy (non-hydrogen) atoms. The third kappa shape index (κ3) is 4.30. The summed E-state index contributed by atoms with van der Waals surface area (Å²) in [6, 6.07) is 15.3. The number of nitrogens with one attached hydrogen (secondary N) is 1. The Morgan fingerprint density at radius 1 is 0.829 bits per heavy atom. The van der Waals surface area contributed by atoms with Crippen LogP contribution in [0.2, 0.25) is 0 Å².